The predicted octanol–water partition coefficient (Wildman–Crippen LogP) is -0.00370. The molecular weight excluding hydrogens is 216 g/mol. The van der Waals surface area contributed by atoms with Crippen LogP contribution >= 0.6 is 0 Å². The van der Waals surface area contributed by atoms with Crippen molar-refractivity contribution in [3.05, 3.63) is 35.9 Å². The highest BCUT2D eigenvalue weighted by Crippen LogP contribution is 2.03. The van der Waals surface area contributed by atoms with Crippen LogP contribution in [0.4, 0.5) is 0 Å². The highest BCUT2D eigenvalue weighted by atomic mass is 32.2. The van der Waals surface area contributed by atoms with Gasteiger partial charge in [-0.25, -0.2) is 19.0 Å². The number of nitrogens with one attached hydrogen (secondary N) is 1. The third-order valence-electron chi connectivity index (χ3n) is 1.74. The van der Waals surface area contributed by atoms with Crippen LogP contribution < -0.4 is 10.6 Å². The summed E-state index contributed by atoms with van der Waals surface area (Å²) in [6, 6.07) is 8.96. The molecule has 1 aromatic rings. The molecule has 0 heterocycles. The van der Waals surface area contributed by atoms with Crippen LogP contribution in [0.5, 0.6) is 0 Å². The van der Waals surface area contributed by atoms with E-state index < -0.39 is 10.0 Å². The lowest BCUT2D eigenvalue weighted by atomic mass is 10.2. The smallest absolute Gasteiger partial charge is 0.215 e. The summed E-state index contributed by atoms with van der Waals surface area (Å²) >= 11 is 0. The number of rotatable bonds is 6. The van der Waals surface area contributed by atoms with Crippen LogP contribution in [0, 0.1) is 0 Å². The van der Waals surface area contributed by atoms with Gasteiger partial charge in [-0.2, -0.15) is 0 Å². The zero-order valence-electron chi connectivity index (χ0n) is 8.22. The van der Waals surface area contributed by atoms with E-state index in [1.54, 1.807) is 24.3 Å². The van der Waals surface area contributed by atoms with Gasteiger partial charge in [-0.15, -0.1) is 0 Å². The molecule has 1 rings (SSSR count). The molecule has 1 aromatic carbocycles. The fourth-order valence-electron chi connectivity index (χ4n) is 1.10. The summed E-state index contributed by atoms with van der Waals surface area (Å²) in [7, 11) is -3.29. The minimum absolute atomic E-state index is 0.0294. The van der Waals surface area contributed by atoms with Gasteiger partial charge < -0.3 is 4.84 Å². The maximum Gasteiger partial charge on any atom is 0.215 e. The highest BCUT2D eigenvalue weighted by molar-refractivity contribution is 7.88. The van der Waals surface area contributed by atoms with Crippen molar-refractivity contribution in [1.82, 2.24) is 4.72 Å². The van der Waals surface area contributed by atoms with E-state index in [0.29, 0.717) is 0 Å². The predicted molar refractivity (Wildman–Crippen MR) is 57.2 cm³/mol. The molecule has 0 aliphatic heterocycles. The zero-order valence-corrected chi connectivity index (χ0v) is 9.03. The van der Waals surface area contributed by atoms with Crippen LogP contribution in [0.2, 0.25) is 0 Å². The second kappa shape index (κ2) is 5.82. The number of benzene rings is 1. The molecule has 0 fully saturated rings. The molecule has 0 aromatic heterocycles. The minimum Gasteiger partial charge on any atom is -0.303 e. The standard InChI is InChI=1S/C9H14N2O3S/c10-14-7-6-11-15(12,13)8-9-4-2-1-3-5-9/h1-5,11H,6-8,10H2. The lowest BCUT2D eigenvalue weighted by molar-refractivity contribution is 0.143. The van der Waals surface area contributed by atoms with Gasteiger partial charge in [0, 0.05) is 6.54 Å². The molecule has 3 N–H and O–H groups in total. The molecule has 0 saturated heterocycles. The van der Waals surface area contributed by atoms with Gasteiger partial charge >= 0.3 is 0 Å². The summed E-state index contributed by atoms with van der Waals surface area (Å²) in [5.74, 6) is 4.75. The molecule has 0 radical (unpaired) electrons. The Balaban J connectivity index is 2.50. The normalized spacial score (nSPS) is 11.5. The van der Waals surface area contributed by atoms with Crippen molar-refractivity contribution in [2.24, 2.45) is 5.90 Å². The Morgan fingerprint density at radius 3 is 2.53 bits per heavy atom. The summed E-state index contributed by atoms with van der Waals surface area (Å²) in [6.07, 6.45) is 0. The average Bonchev–Trinajstić information content (AvgIpc) is 2.18. The van der Waals surface area contributed by atoms with Crippen molar-refractivity contribution >= 4 is 10.0 Å². The van der Waals surface area contributed by atoms with Gasteiger partial charge in [0.25, 0.3) is 0 Å². The molecule has 0 amide bonds. The summed E-state index contributed by atoms with van der Waals surface area (Å²) < 4.78 is 25.3. The minimum atomic E-state index is -3.29. The van der Waals surface area contributed by atoms with Crippen LogP contribution in [0.15, 0.2) is 30.3 Å². The number of hydrogen-bond acceptors (Lipinski definition) is 4. The molecule has 0 aliphatic rings. The van der Waals surface area contributed by atoms with E-state index in [-0.39, 0.29) is 18.9 Å². The Bertz CT molecular complexity index is 378. The molecule has 0 spiro atoms. The van der Waals surface area contributed by atoms with E-state index >= 15 is 0 Å². The quantitative estimate of drug-likeness (QED) is 0.532. The third kappa shape index (κ3) is 4.89. The van der Waals surface area contributed by atoms with Crippen molar-refractivity contribution in [2.75, 3.05) is 13.2 Å². The van der Waals surface area contributed by atoms with E-state index in [9.17, 15) is 8.42 Å². The zero-order chi connectivity index (χ0) is 11.1. The average molecular weight is 230 g/mol. The third-order valence-corrected chi connectivity index (χ3v) is 3.10. The van der Waals surface area contributed by atoms with Crippen LogP contribution in [-0.4, -0.2) is 21.6 Å². The first-order valence-corrected chi connectivity index (χ1v) is 6.12. The molecule has 0 atom stereocenters. The lowest BCUT2D eigenvalue weighted by Crippen LogP contribution is -2.29. The number of hydrogen-bond donors (Lipinski definition) is 2. The Morgan fingerprint density at radius 1 is 1.27 bits per heavy atom. The number of nitrogens with two attached hydrogens (primary N) is 1. The van der Waals surface area contributed by atoms with E-state index in [1.807, 2.05) is 6.07 Å². The molecule has 0 saturated carbocycles. The monoisotopic (exact) mass is 230 g/mol. The Labute approximate surface area is 89.2 Å². The molecule has 6 heteroatoms. The fourth-order valence-corrected chi connectivity index (χ4v) is 2.23. The molecular formula is C9H14N2O3S. The summed E-state index contributed by atoms with van der Waals surface area (Å²) in [5, 5.41) is 0. The second-order valence-electron chi connectivity index (χ2n) is 3.01. The van der Waals surface area contributed by atoms with Crippen LogP contribution in [0.3, 0.4) is 0 Å². The Kier molecular flexibility index (Phi) is 4.70. The van der Waals surface area contributed by atoms with Crippen molar-refractivity contribution in [2.45, 2.75) is 5.75 Å². The van der Waals surface area contributed by atoms with E-state index in [4.69, 9.17) is 5.90 Å². The van der Waals surface area contributed by atoms with Crippen LogP contribution in [0.25, 0.3) is 0 Å². The van der Waals surface area contributed by atoms with Crippen molar-refractivity contribution in [3.8, 4) is 0 Å². The first kappa shape index (κ1) is 12.1. The van der Waals surface area contributed by atoms with Gasteiger partial charge in [0.05, 0.1) is 12.4 Å². The van der Waals surface area contributed by atoms with Crippen molar-refractivity contribution in [1.29, 1.82) is 0 Å². The molecule has 5 nitrogen and oxygen atoms in total. The Morgan fingerprint density at radius 2 is 1.93 bits per heavy atom. The maximum atomic E-state index is 11.5. The summed E-state index contributed by atoms with van der Waals surface area (Å²) in [4.78, 5) is 4.26. The number of sulfonamides is 1. The second-order valence-corrected chi connectivity index (χ2v) is 4.82. The largest absolute Gasteiger partial charge is 0.303 e. The van der Waals surface area contributed by atoms with E-state index in [1.165, 1.54) is 0 Å². The molecule has 0 aliphatic carbocycles. The van der Waals surface area contributed by atoms with E-state index in [0.717, 1.165) is 5.56 Å². The fraction of sp³-hybridized carbons (Fsp3) is 0.333. The van der Waals surface area contributed by atoms with Gasteiger partial charge in [0.15, 0.2) is 0 Å². The first-order chi connectivity index (χ1) is 7.14. The molecule has 0 unspecified atom stereocenters. The summed E-state index contributed by atoms with van der Waals surface area (Å²) in [5.41, 5.74) is 0.749. The van der Waals surface area contributed by atoms with Gasteiger partial charge in [0.1, 0.15) is 0 Å². The SMILES string of the molecule is NOCCNS(=O)(=O)Cc1ccccc1. The van der Waals surface area contributed by atoms with Crippen LogP contribution in [-0.2, 0) is 20.6 Å². The van der Waals surface area contributed by atoms with Gasteiger partial charge in [-0.05, 0) is 5.56 Å². The molecule has 84 valence electrons. The summed E-state index contributed by atoms with van der Waals surface area (Å²) in [6.45, 7) is 0.347. The lowest BCUT2D eigenvalue weighted by Gasteiger charge is -2.05. The van der Waals surface area contributed by atoms with Crippen LogP contribution in [0.1, 0.15) is 5.56 Å². The van der Waals surface area contributed by atoms with Crippen molar-refractivity contribution < 1.29 is 13.3 Å². The molecule has 15 heavy (non-hydrogen) atoms. The topological polar surface area (TPSA) is 81.4 Å². The maximum absolute atomic E-state index is 11.5. The highest BCUT2D eigenvalue weighted by Gasteiger charge is 2.09. The molecule has 0 bridgehead atoms. The van der Waals surface area contributed by atoms with E-state index in [2.05, 4.69) is 9.56 Å². The van der Waals surface area contributed by atoms with Gasteiger partial charge in [-0.3, -0.25) is 0 Å². The van der Waals surface area contributed by atoms with Gasteiger partial charge in [0.2, 0.25) is 10.0 Å². The van der Waals surface area contributed by atoms with Gasteiger partial charge in [-0.1, -0.05) is 30.3 Å². The van der Waals surface area contributed by atoms with Crippen molar-refractivity contribution in [3.63, 3.8) is 0 Å². The first-order valence-electron chi connectivity index (χ1n) is 4.47. The Hall–Kier alpha value is -0.950.